The zero-order valence-electron chi connectivity index (χ0n) is 32.8. The number of hydrogen-bond acceptors (Lipinski definition) is 17. The molecule has 4 rings (SSSR count). The summed E-state index contributed by atoms with van der Waals surface area (Å²) >= 11 is 0. The lowest BCUT2D eigenvalue weighted by Crippen LogP contribution is -2.52. The molecule has 60 heavy (non-hydrogen) atoms. The normalized spacial score (nSPS) is 15.1. The summed E-state index contributed by atoms with van der Waals surface area (Å²) in [5.41, 5.74) is 7.32. The lowest BCUT2D eigenvalue weighted by atomic mass is 10.0. The molecule has 0 saturated carbocycles. The Bertz CT molecular complexity index is 2050. The third kappa shape index (κ3) is 15.1. The summed E-state index contributed by atoms with van der Waals surface area (Å²) < 4.78 is 0. The van der Waals surface area contributed by atoms with Gasteiger partial charge in [-0.2, -0.15) is 0 Å². The second-order valence-electron chi connectivity index (χ2n) is 14.3. The number of H-pyrrole nitrogens is 1. The van der Waals surface area contributed by atoms with Crippen LogP contribution in [0.2, 0.25) is 0 Å². The Morgan fingerprint density at radius 1 is 0.833 bits per heavy atom. The van der Waals surface area contributed by atoms with Gasteiger partial charge >= 0.3 is 5.97 Å². The highest BCUT2D eigenvalue weighted by atomic mass is 16.4. The monoisotopic (exact) mass is 834 g/mol. The number of Topliss-reactive ketones (excluding diaryl/α,β-unsaturated/α-hetero) is 1. The number of aromatic amines is 1. The van der Waals surface area contributed by atoms with E-state index in [-0.39, 0.29) is 107 Å². The lowest BCUT2D eigenvalue weighted by molar-refractivity contribution is -0.313. The van der Waals surface area contributed by atoms with Gasteiger partial charge in [-0.15, -0.1) is 0 Å². The molecule has 1 unspecified atom stereocenters. The fourth-order valence-electron chi connectivity index (χ4n) is 6.66. The first-order chi connectivity index (χ1) is 28.6. The first-order valence-corrected chi connectivity index (χ1v) is 19.3. The van der Waals surface area contributed by atoms with E-state index in [0.29, 0.717) is 23.1 Å². The van der Waals surface area contributed by atoms with Gasteiger partial charge in [0.25, 0.3) is 11.5 Å². The Kier molecular flexibility index (Phi) is 17.4. The molecule has 0 bridgehead atoms. The number of aliphatic carboxylic acids is 4. The molecule has 2 heterocycles. The molecule has 7 N–H and O–H groups in total. The number of amides is 2. The average molecular weight is 835 g/mol. The third-order valence-electron chi connectivity index (χ3n) is 9.90. The quantitative estimate of drug-likeness (QED) is 0.0524. The molecule has 21 nitrogen and oxygen atoms in total. The summed E-state index contributed by atoms with van der Waals surface area (Å²) in [5, 5.41) is 52.8. The number of nitrogens with one attached hydrogen (secondary N) is 4. The van der Waals surface area contributed by atoms with Crippen LogP contribution in [0, 0.1) is 0 Å². The maximum Gasteiger partial charge on any atom is 0.326 e. The molecule has 1 aromatic heterocycles. The number of ketones is 1. The van der Waals surface area contributed by atoms with Crippen molar-refractivity contribution in [1.29, 1.82) is 0 Å². The Labute approximate surface area is 343 Å². The van der Waals surface area contributed by atoms with Crippen LogP contribution in [0.4, 0.5) is 11.6 Å². The van der Waals surface area contributed by atoms with Crippen molar-refractivity contribution < 1.29 is 54.0 Å². The molecule has 0 aliphatic carbocycles. The topological polar surface area (TPSA) is 326 Å². The van der Waals surface area contributed by atoms with Gasteiger partial charge in [-0.05, 0) is 61.2 Å². The number of anilines is 2. The lowest BCUT2D eigenvalue weighted by Gasteiger charge is -2.34. The number of hydrogen-bond donors (Lipinski definition) is 6. The number of aromatic nitrogens is 2. The molecular weight excluding hydrogens is 786 g/mol. The SMILES string of the molecule is Nc1nc2ccc(CNc3ccc(C(=O)N[C@@H](CCC(=O)NCCCC(=O)CCC(C(=O)[O-])N4CCN(CC(=O)[O-])CCN(CC(=O)[O-])CC4)C(=O)O)cc3)cc2c(=O)[nH]1. The van der Waals surface area contributed by atoms with Crippen molar-refractivity contribution in [2.24, 2.45) is 0 Å². The van der Waals surface area contributed by atoms with E-state index < -0.39 is 60.9 Å². The molecule has 1 aliphatic rings. The fourth-order valence-corrected chi connectivity index (χ4v) is 6.66. The number of nitrogens with zero attached hydrogens (tertiary/aromatic N) is 4. The number of carbonyl (C=O) groups excluding carboxylic acids is 6. The van der Waals surface area contributed by atoms with Gasteiger partial charge in [0.2, 0.25) is 11.9 Å². The number of nitrogen functional groups attached to an aromatic ring is 1. The highest BCUT2D eigenvalue weighted by molar-refractivity contribution is 5.97. The van der Waals surface area contributed by atoms with E-state index in [1.165, 1.54) is 26.8 Å². The largest absolute Gasteiger partial charge is 0.549 e. The maximum absolute atomic E-state index is 12.9. The average Bonchev–Trinajstić information content (AvgIpc) is 3.27. The van der Waals surface area contributed by atoms with E-state index in [9.17, 15) is 58.8 Å². The van der Waals surface area contributed by atoms with Crippen molar-refractivity contribution in [3.05, 3.63) is 63.9 Å². The first-order valence-electron chi connectivity index (χ1n) is 19.3. The molecular formula is C39H48N9O12-3. The number of nitrogens with two attached hydrogens (primary N) is 1. The Balaban J connectivity index is 1.17. The smallest absolute Gasteiger partial charge is 0.326 e. The van der Waals surface area contributed by atoms with Gasteiger partial charge in [-0.25, -0.2) is 9.78 Å². The standard InChI is InChI=1S/C39H51N9O12/c40-39-44-29-9-3-24(20-28(29)36(56)45-39)21-42-26-6-4-25(5-7-26)35(55)43-30(37(57)58)10-12-32(50)41-13-1-2-27(49)8-11-31(38(59)60)48-18-16-46(22-33(51)52)14-15-47(17-19-48)23-34(53)54/h3-7,9,20,30-31,42H,1-2,8,10-19,21-23H2,(H,41,50)(H,43,55)(H,51,52)(H,53,54)(H,57,58)(H,59,60)(H3,40,44,45,56)/p-3/t30-,31?/m0/s1. The molecule has 1 aliphatic heterocycles. The van der Waals surface area contributed by atoms with Gasteiger partial charge < -0.3 is 56.5 Å². The van der Waals surface area contributed by atoms with Gasteiger partial charge in [0.15, 0.2) is 0 Å². The Hall–Kier alpha value is -6.45. The molecule has 0 spiro atoms. The number of rotatable bonds is 22. The Morgan fingerprint density at radius 3 is 2.07 bits per heavy atom. The summed E-state index contributed by atoms with van der Waals surface area (Å²) in [7, 11) is 0. The number of benzene rings is 2. The zero-order chi connectivity index (χ0) is 43.8. The number of fused-ring (bicyclic) bond motifs is 1. The third-order valence-corrected chi connectivity index (χ3v) is 9.90. The van der Waals surface area contributed by atoms with Gasteiger partial charge in [0, 0.05) is 102 Å². The van der Waals surface area contributed by atoms with Crippen molar-refractivity contribution in [3.8, 4) is 0 Å². The van der Waals surface area contributed by atoms with Crippen molar-refractivity contribution in [2.75, 3.05) is 70.0 Å². The molecule has 2 atom stereocenters. The fraction of sp³-hybridized carbons (Fsp3) is 0.462. The molecule has 0 radical (unpaired) electrons. The number of carboxylic acids is 4. The number of carbonyl (C=O) groups is 7. The van der Waals surface area contributed by atoms with Crippen molar-refractivity contribution in [3.63, 3.8) is 0 Å². The first kappa shape index (κ1) is 46.2. The van der Waals surface area contributed by atoms with Crippen LogP contribution in [0.1, 0.15) is 54.4 Å². The molecule has 324 valence electrons. The van der Waals surface area contributed by atoms with Gasteiger partial charge in [-0.1, -0.05) is 6.07 Å². The van der Waals surface area contributed by atoms with E-state index in [1.54, 1.807) is 30.3 Å². The highest BCUT2D eigenvalue weighted by Gasteiger charge is 2.25. The van der Waals surface area contributed by atoms with Crippen LogP contribution in [0.25, 0.3) is 10.9 Å². The van der Waals surface area contributed by atoms with Crippen LogP contribution in [0.5, 0.6) is 0 Å². The van der Waals surface area contributed by atoms with Gasteiger partial charge in [-0.3, -0.25) is 38.9 Å². The van der Waals surface area contributed by atoms with Crippen LogP contribution < -0.4 is 42.6 Å². The Morgan fingerprint density at radius 2 is 1.47 bits per heavy atom. The zero-order valence-corrected chi connectivity index (χ0v) is 32.8. The second-order valence-corrected chi connectivity index (χ2v) is 14.3. The predicted molar refractivity (Wildman–Crippen MR) is 208 cm³/mol. The highest BCUT2D eigenvalue weighted by Crippen LogP contribution is 2.16. The van der Waals surface area contributed by atoms with Crippen molar-refractivity contribution in [2.45, 2.75) is 57.2 Å². The van der Waals surface area contributed by atoms with E-state index in [4.69, 9.17) is 5.73 Å². The van der Waals surface area contributed by atoms with Crippen molar-refractivity contribution >= 4 is 64.0 Å². The molecule has 3 aromatic rings. The van der Waals surface area contributed by atoms with E-state index in [0.717, 1.165) is 5.56 Å². The minimum atomic E-state index is -1.44. The molecule has 1 fully saturated rings. The summed E-state index contributed by atoms with van der Waals surface area (Å²) in [6.45, 7) is 0.566. The summed E-state index contributed by atoms with van der Waals surface area (Å²) in [6.07, 6.45) is -0.444. The minimum Gasteiger partial charge on any atom is -0.549 e. The van der Waals surface area contributed by atoms with E-state index >= 15 is 0 Å². The second kappa shape index (κ2) is 22.6. The molecule has 2 aromatic carbocycles. The molecule has 2 amide bonds. The van der Waals surface area contributed by atoms with Gasteiger partial charge in [0.1, 0.15) is 11.8 Å². The van der Waals surface area contributed by atoms with Crippen molar-refractivity contribution in [1.82, 2.24) is 35.3 Å². The molecule has 21 heteroatoms. The van der Waals surface area contributed by atoms with Crippen LogP contribution >= 0.6 is 0 Å². The van der Waals surface area contributed by atoms with E-state index in [2.05, 4.69) is 25.9 Å². The summed E-state index contributed by atoms with van der Waals surface area (Å²) in [4.78, 5) is 108. The van der Waals surface area contributed by atoms with Gasteiger partial charge in [0.05, 0.1) is 28.8 Å². The van der Waals surface area contributed by atoms with E-state index in [1.807, 2.05) is 0 Å². The minimum absolute atomic E-state index is 0.0130. The number of carboxylic acid groups (broad SMARTS) is 4. The maximum atomic E-state index is 12.9. The van der Waals surface area contributed by atoms with Crippen LogP contribution in [0.15, 0.2) is 47.3 Å². The summed E-state index contributed by atoms with van der Waals surface area (Å²) in [5.74, 6) is -6.87. The van der Waals surface area contributed by atoms with Crippen LogP contribution in [0.3, 0.4) is 0 Å². The van der Waals surface area contributed by atoms with Crippen LogP contribution in [-0.4, -0.2) is 142 Å². The van der Waals surface area contributed by atoms with Crippen LogP contribution in [-0.2, 0) is 35.3 Å². The predicted octanol–water partition coefficient (Wildman–Crippen LogP) is -4.14. The molecule has 1 saturated heterocycles. The summed E-state index contributed by atoms with van der Waals surface area (Å²) in [6, 6.07) is 8.86.